The molecule has 1 fully saturated rings. The highest BCUT2D eigenvalue weighted by Gasteiger charge is 2.31. The molecule has 1 saturated heterocycles. The van der Waals surface area contributed by atoms with Gasteiger partial charge in [0, 0.05) is 19.5 Å². The monoisotopic (exact) mass is 262 g/mol. The zero-order valence-corrected chi connectivity index (χ0v) is 11.0. The summed E-state index contributed by atoms with van der Waals surface area (Å²) in [5.41, 5.74) is 0.996. The van der Waals surface area contributed by atoms with Crippen LogP contribution < -0.4 is 5.32 Å². The van der Waals surface area contributed by atoms with Crippen LogP contribution in [0.25, 0.3) is 0 Å². The maximum absolute atomic E-state index is 11.7. The zero-order chi connectivity index (χ0) is 13.7. The van der Waals surface area contributed by atoms with Crippen LogP contribution in [0.2, 0.25) is 0 Å². The third-order valence-corrected chi connectivity index (χ3v) is 3.08. The first-order valence-electron chi connectivity index (χ1n) is 6.48. The van der Waals surface area contributed by atoms with E-state index in [0.29, 0.717) is 26.1 Å². The number of amides is 2. The first-order chi connectivity index (χ1) is 9.20. The van der Waals surface area contributed by atoms with Crippen LogP contribution in [0.5, 0.6) is 0 Å². The molecule has 19 heavy (non-hydrogen) atoms. The molecule has 1 aliphatic rings. The summed E-state index contributed by atoms with van der Waals surface area (Å²) < 4.78 is 5.32. The molecule has 102 valence electrons. The van der Waals surface area contributed by atoms with Gasteiger partial charge in [-0.3, -0.25) is 4.79 Å². The molecular weight excluding hydrogens is 244 g/mol. The van der Waals surface area contributed by atoms with E-state index in [9.17, 15) is 9.59 Å². The smallest absolute Gasteiger partial charge is 0.410 e. The van der Waals surface area contributed by atoms with Gasteiger partial charge in [0.25, 0.3) is 0 Å². The van der Waals surface area contributed by atoms with Gasteiger partial charge in [0.1, 0.15) is 6.10 Å². The van der Waals surface area contributed by atoms with Crippen molar-refractivity contribution in [3.8, 4) is 0 Å². The van der Waals surface area contributed by atoms with Gasteiger partial charge in [-0.15, -0.1) is 0 Å². The van der Waals surface area contributed by atoms with E-state index >= 15 is 0 Å². The van der Waals surface area contributed by atoms with Crippen molar-refractivity contribution < 1.29 is 14.3 Å². The Morgan fingerprint density at radius 1 is 1.42 bits per heavy atom. The van der Waals surface area contributed by atoms with Crippen molar-refractivity contribution in [3.05, 3.63) is 35.9 Å². The highest BCUT2D eigenvalue weighted by atomic mass is 16.6. The molecule has 2 amide bonds. The number of carbonyl (C=O) groups is 2. The molecule has 1 aromatic rings. The van der Waals surface area contributed by atoms with E-state index in [4.69, 9.17) is 4.74 Å². The molecule has 1 atom stereocenters. The second-order valence-electron chi connectivity index (χ2n) is 4.43. The van der Waals surface area contributed by atoms with Crippen LogP contribution in [0.3, 0.4) is 0 Å². The highest BCUT2D eigenvalue weighted by Crippen LogP contribution is 2.25. The van der Waals surface area contributed by atoms with Gasteiger partial charge in [-0.25, -0.2) is 4.79 Å². The number of rotatable bonds is 5. The molecule has 0 aliphatic carbocycles. The normalized spacial score (nSPS) is 18.3. The fraction of sp³-hybridized carbons (Fsp3) is 0.429. The van der Waals surface area contributed by atoms with E-state index in [1.54, 1.807) is 11.8 Å². The summed E-state index contributed by atoms with van der Waals surface area (Å²) in [6.07, 6.45) is -0.0768. The lowest BCUT2D eigenvalue weighted by Crippen LogP contribution is -2.35. The van der Waals surface area contributed by atoms with Crippen LogP contribution in [-0.4, -0.2) is 36.5 Å². The average molecular weight is 262 g/mol. The molecule has 0 saturated carbocycles. The number of benzene rings is 1. The van der Waals surface area contributed by atoms with E-state index < -0.39 is 0 Å². The van der Waals surface area contributed by atoms with Crippen LogP contribution in [0.15, 0.2) is 30.3 Å². The predicted molar refractivity (Wildman–Crippen MR) is 70.5 cm³/mol. The molecule has 1 heterocycles. The van der Waals surface area contributed by atoms with Gasteiger partial charge >= 0.3 is 6.09 Å². The molecule has 0 spiro atoms. The van der Waals surface area contributed by atoms with Crippen molar-refractivity contribution in [3.63, 3.8) is 0 Å². The maximum atomic E-state index is 11.7. The molecular formula is C14H18N2O3. The molecule has 0 radical (unpaired) electrons. The van der Waals surface area contributed by atoms with Crippen LogP contribution in [-0.2, 0) is 9.53 Å². The van der Waals surface area contributed by atoms with Crippen molar-refractivity contribution in [2.45, 2.75) is 19.4 Å². The molecule has 0 aromatic heterocycles. The molecule has 2 rings (SSSR count). The van der Waals surface area contributed by atoms with Crippen molar-refractivity contribution in [1.29, 1.82) is 0 Å². The van der Waals surface area contributed by atoms with Gasteiger partial charge in [0.05, 0.1) is 6.54 Å². The number of cyclic esters (lactones) is 1. The summed E-state index contributed by atoms with van der Waals surface area (Å²) in [6.45, 7) is 3.27. The molecule has 1 aliphatic heterocycles. The van der Waals surface area contributed by atoms with E-state index in [2.05, 4.69) is 5.32 Å². The lowest BCUT2D eigenvalue weighted by Gasteiger charge is -2.13. The summed E-state index contributed by atoms with van der Waals surface area (Å²) >= 11 is 0. The molecule has 1 aromatic carbocycles. The van der Waals surface area contributed by atoms with E-state index in [1.807, 2.05) is 30.3 Å². The molecule has 5 heteroatoms. The zero-order valence-electron chi connectivity index (χ0n) is 11.0. The largest absolute Gasteiger partial charge is 0.439 e. The number of hydrogen-bond acceptors (Lipinski definition) is 3. The average Bonchev–Trinajstić information content (AvgIpc) is 2.81. The SMILES string of the molecule is CCC(=O)NCCN1CC(c2ccccc2)OC1=O. The van der Waals surface area contributed by atoms with Crippen molar-refractivity contribution in [1.82, 2.24) is 10.2 Å². The minimum atomic E-state index is -0.320. The van der Waals surface area contributed by atoms with Crippen LogP contribution in [0.1, 0.15) is 25.0 Å². The lowest BCUT2D eigenvalue weighted by atomic mass is 10.1. The predicted octanol–water partition coefficient (Wildman–Crippen LogP) is 1.71. The van der Waals surface area contributed by atoms with Gasteiger partial charge in [-0.05, 0) is 5.56 Å². The Balaban J connectivity index is 1.84. The maximum Gasteiger partial charge on any atom is 0.410 e. The number of hydrogen-bond donors (Lipinski definition) is 1. The molecule has 0 bridgehead atoms. The van der Waals surface area contributed by atoms with Gasteiger partial charge in [0.15, 0.2) is 0 Å². The van der Waals surface area contributed by atoms with Gasteiger partial charge in [-0.2, -0.15) is 0 Å². The third-order valence-electron chi connectivity index (χ3n) is 3.08. The molecule has 1 unspecified atom stereocenters. The second-order valence-corrected chi connectivity index (χ2v) is 4.43. The van der Waals surface area contributed by atoms with Crippen molar-refractivity contribution in [2.24, 2.45) is 0 Å². The Morgan fingerprint density at radius 3 is 2.84 bits per heavy atom. The minimum Gasteiger partial charge on any atom is -0.439 e. The second kappa shape index (κ2) is 6.22. The molecule has 1 N–H and O–H groups in total. The fourth-order valence-electron chi connectivity index (χ4n) is 1.99. The topological polar surface area (TPSA) is 58.6 Å². The molecule has 5 nitrogen and oxygen atoms in total. The summed E-state index contributed by atoms with van der Waals surface area (Å²) in [5, 5.41) is 2.75. The lowest BCUT2D eigenvalue weighted by molar-refractivity contribution is -0.120. The number of nitrogens with zero attached hydrogens (tertiary/aromatic N) is 1. The standard InChI is InChI=1S/C14H18N2O3/c1-2-13(17)15-8-9-16-10-12(19-14(16)18)11-6-4-3-5-7-11/h3-7,12H,2,8-10H2,1H3,(H,15,17). The highest BCUT2D eigenvalue weighted by molar-refractivity contribution is 5.75. The third kappa shape index (κ3) is 3.47. The van der Waals surface area contributed by atoms with Gasteiger partial charge in [0.2, 0.25) is 5.91 Å². The number of ether oxygens (including phenoxy) is 1. The first-order valence-corrected chi connectivity index (χ1v) is 6.48. The Hall–Kier alpha value is -2.04. The summed E-state index contributed by atoms with van der Waals surface area (Å²) in [4.78, 5) is 24.4. The first kappa shape index (κ1) is 13.4. The van der Waals surface area contributed by atoms with E-state index in [0.717, 1.165) is 5.56 Å². The van der Waals surface area contributed by atoms with Gasteiger partial charge < -0.3 is 15.0 Å². The Morgan fingerprint density at radius 2 is 2.16 bits per heavy atom. The Labute approximate surface area is 112 Å². The number of carbonyl (C=O) groups excluding carboxylic acids is 2. The summed E-state index contributed by atoms with van der Waals surface area (Å²) in [6, 6.07) is 9.67. The van der Waals surface area contributed by atoms with E-state index in [1.165, 1.54) is 0 Å². The minimum absolute atomic E-state index is 0.00725. The quantitative estimate of drug-likeness (QED) is 0.878. The Kier molecular flexibility index (Phi) is 4.39. The van der Waals surface area contributed by atoms with Gasteiger partial charge in [-0.1, -0.05) is 37.3 Å². The summed E-state index contributed by atoms with van der Waals surface area (Å²) in [5.74, 6) is -0.00725. The Bertz CT molecular complexity index is 447. The number of nitrogens with one attached hydrogen (secondary N) is 1. The van der Waals surface area contributed by atoms with Crippen LogP contribution in [0, 0.1) is 0 Å². The van der Waals surface area contributed by atoms with Crippen LogP contribution in [0.4, 0.5) is 4.79 Å². The van der Waals surface area contributed by atoms with Crippen molar-refractivity contribution >= 4 is 12.0 Å². The van der Waals surface area contributed by atoms with Crippen LogP contribution >= 0.6 is 0 Å². The fourth-order valence-corrected chi connectivity index (χ4v) is 1.99. The van der Waals surface area contributed by atoms with Crippen molar-refractivity contribution in [2.75, 3.05) is 19.6 Å². The van der Waals surface area contributed by atoms with E-state index in [-0.39, 0.29) is 18.1 Å². The summed E-state index contributed by atoms with van der Waals surface area (Å²) in [7, 11) is 0.